The number of benzene rings is 2. The summed E-state index contributed by atoms with van der Waals surface area (Å²) in [5.41, 5.74) is 3.98. The zero-order valence-corrected chi connectivity index (χ0v) is 17.0. The predicted molar refractivity (Wildman–Crippen MR) is 106 cm³/mol. The van der Waals surface area contributed by atoms with Crippen LogP contribution in [0, 0.1) is 20.8 Å². The summed E-state index contributed by atoms with van der Waals surface area (Å²) in [5.74, 6) is -0.742. The van der Waals surface area contributed by atoms with Crippen LogP contribution in [-0.2, 0) is 14.6 Å². The van der Waals surface area contributed by atoms with E-state index in [4.69, 9.17) is 0 Å². The van der Waals surface area contributed by atoms with E-state index in [1.807, 2.05) is 32.9 Å². The van der Waals surface area contributed by atoms with Crippen LogP contribution < -0.4 is 5.32 Å². The minimum atomic E-state index is -3.41. The molecular formula is C20H24N2O4S. The van der Waals surface area contributed by atoms with Crippen LogP contribution in [0.3, 0.4) is 0 Å². The van der Waals surface area contributed by atoms with Gasteiger partial charge in [-0.05, 0) is 50.1 Å². The van der Waals surface area contributed by atoms with Gasteiger partial charge in [0.05, 0.1) is 11.4 Å². The molecule has 0 saturated heterocycles. The maximum atomic E-state index is 12.5. The number of nitrogens with zero attached hydrogens (tertiary/aromatic N) is 1. The molecule has 6 nitrogen and oxygen atoms in total. The molecule has 7 heteroatoms. The number of amides is 2. The summed E-state index contributed by atoms with van der Waals surface area (Å²) < 4.78 is 23.3. The molecule has 0 spiro atoms. The molecule has 2 aromatic carbocycles. The van der Waals surface area contributed by atoms with Crippen molar-refractivity contribution >= 4 is 27.3 Å². The smallest absolute Gasteiger partial charge is 0.254 e. The summed E-state index contributed by atoms with van der Waals surface area (Å²) in [5, 5.41) is 2.85. The van der Waals surface area contributed by atoms with Gasteiger partial charge in [0.25, 0.3) is 5.91 Å². The van der Waals surface area contributed by atoms with Crippen molar-refractivity contribution in [2.24, 2.45) is 0 Å². The maximum Gasteiger partial charge on any atom is 0.254 e. The molecule has 1 N–H and O–H groups in total. The van der Waals surface area contributed by atoms with Gasteiger partial charge in [0.1, 0.15) is 0 Å². The lowest BCUT2D eigenvalue weighted by molar-refractivity contribution is -0.116. The lowest BCUT2D eigenvalue weighted by Gasteiger charge is -2.19. The summed E-state index contributed by atoms with van der Waals surface area (Å²) in [7, 11) is -1.91. The SMILES string of the molecule is Cc1cc(C)c(NC(=O)CN(C)C(=O)c2cccc(S(C)(=O)=O)c2)c(C)c1. The van der Waals surface area contributed by atoms with E-state index in [0.717, 1.165) is 28.6 Å². The fourth-order valence-electron chi connectivity index (χ4n) is 2.92. The Morgan fingerprint density at radius 3 is 2.19 bits per heavy atom. The molecule has 0 radical (unpaired) electrons. The molecule has 0 heterocycles. The van der Waals surface area contributed by atoms with Gasteiger partial charge in [-0.1, -0.05) is 23.8 Å². The van der Waals surface area contributed by atoms with Crippen LogP contribution in [0.5, 0.6) is 0 Å². The number of nitrogens with one attached hydrogen (secondary N) is 1. The van der Waals surface area contributed by atoms with Gasteiger partial charge in [-0.2, -0.15) is 0 Å². The molecule has 2 amide bonds. The van der Waals surface area contributed by atoms with Crippen molar-refractivity contribution in [3.63, 3.8) is 0 Å². The molecule has 0 aliphatic heterocycles. The van der Waals surface area contributed by atoms with E-state index < -0.39 is 15.7 Å². The Labute approximate surface area is 160 Å². The molecule has 27 heavy (non-hydrogen) atoms. The van der Waals surface area contributed by atoms with E-state index in [1.165, 1.54) is 36.2 Å². The van der Waals surface area contributed by atoms with Gasteiger partial charge in [-0.3, -0.25) is 9.59 Å². The van der Waals surface area contributed by atoms with Gasteiger partial charge < -0.3 is 10.2 Å². The van der Waals surface area contributed by atoms with Crippen LogP contribution >= 0.6 is 0 Å². The monoisotopic (exact) mass is 388 g/mol. The third kappa shape index (κ3) is 5.17. The van der Waals surface area contributed by atoms with Crippen LogP contribution in [0.25, 0.3) is 0 Å². The molecule has 0 aromatic heterocycles. The highest BCUT2D eigenvalue weighted by atomic mass is 32.2. The minimum Gasteiger partial charge on any atom is -0.332 e. The van der Waals surface area contributed by atoms with Crippen molar-refractivity contribution in [1.29, 1.82) is 0 Å². The quantitative estimate of drug-likeness (QED) is 0.854. The third-order valence-corrected chi connectivity index (χ3v) is 5.29. The molecule has 0 bridgehead atoms. The first-order valence-corrected chi connectivity index (χ1v) is 10.3. The number of aryl methyl sites for hydroxylation is 3. The first kappa shape index (κ1) is 20.6. The summed E-state index contributed by atoms with van der Waals surface area (Å²) in [6.07, 6.45) is 1.08. The van der Waals surface area contributed by atoms with E-state index in [0.29, 0.717) is 0 Å². The second-order valence-corrected chi connectivity index (χ2v) is 8.80. The highest BCUT2D eigenvalue weighted by Gasteiger charge is 2.18. The predicted octanol–water partition coefficient (Wildman–Crippen LogP) is 2.73. The van der Waals surface area contributed by atoms with Crippen molar-refractivity contribution in [1.82, 2.24) is 4.90 Å². The fraction of sp³-hybridized carbons (Fsp3) is 0.300. The number of anilines is 1. The van der Waals surface area contributed by atoms with Crippen LogP contribution in [0.4, 0.5) is 5.69 Å². The lowest BCUT2D eigenvalue weighted by Crippen LogP contribution is -2.35. The number of hydrogen-bond acceptors (Lipinski definition) is 4. The largest absolute Gasteiger partial charge is 0.332 e. The van der Waals surface area contributed by atoms with Gasteiger partial charge >= 0.3 is 0 Å². The van der Waals surface area contributed by atoms with Crippen LogP contribution in [0.1, 0.15) is 27.0 Å². The van der Waals surface area contributed by atoms with Crippen LogP contribution in [0.2, 0.25) is 0 Å². The molecule has 0 fully saturated rings. The Bertz CT molecular complexity index is 974. The Hall–Kier alpha value is -2.67. The van der Waals surface area contributed by atoms with Gasteiger partial charge in [-0.15, -0.1) is 0 Å². The van der Waals surface area contributed by atoms with E-state index in [2.05, 4.69) is 5.32 Å². The summed E-state index contributed by atoms with van der Waals surface area (Å²) in [4.78, 5) is 26.2. The Morgan fingerprint density at radius 2 is 1.63 bits per heavy atom. The molecule has 144 valence electrons. The summed E-state index contributed by atoms with van der Waals surface area (Å²) >= 11 is 0. The number of sulfone groups is 1. The molecule has 0 saturated carbocycles. The van der Waals surface area contributed by atoms with Crippen molar-refractivity contribution < 1.29 is 18.0 Å². The summed E-state index contributed by atoms with van der Waals surface area (Å²) in [6.45, 7) is 5.68. The average molecular weight is 388 g/mol. The van der Waals surface area contributed by atoms with E-state index in [1.54, 1.807) is 0 Å². The fourth-order valence-corrected chi connectivity index (χ4v) is 3.59. The first-order valence-electron chi connectivity index (χ1n) is 8.42. The zero-order valence-electron chi connectivity index (χ0n) is 16.2. The van der Waals surface area contributed by atoms with Gasteiger partial charge in [0.2, 0.25) is 5.91 Å². The Balaban J connectivity index is 2.12. The van der Waals surface area contributed by atoms with Crippen molar-refractivity contribution in [2.45, 2.75) is 25.7 Å². The zero-order chi connectivity index (χ0) is 20.4. The first-order chi connectivity index (χ1) is 12.5. The van der Waals surface area contributed by atoms with E-state index in [9.17, 15) is 18.0 Å². The van der Waals surface area contributed by atoms with E-state index in [-0.39, 0.29) is 22.9 Å². The molecule has 2 rings (SSSR count). The van der Waals surface area contributed by atoms with Crippen molar-refractivity contribution in [3.05, 3.63) is 58.7 Å². The second kappa shape index (κ2) is 7.92. The average Bonchev–Trinajstić information content (AvgIpc) is 2.56. The molecule has 2 aromatic rings. The maximum absolute atomic E-state index is 12.5. The number of carbonyl (C=O) groups excluding carboxylic acids is 2. The lowest BCUT2D eigenvalue weighted by atomic mass is 10.1. The number of hydrogen-bond donors (Lipinski definition) is 1. The molecule has 0 aliphatic rings. The standard InChI is InChI=1S/C20H24N2O4S/c1-13-9-14(2)19(15(3)10-13)21-18(23)12-22(4)20(24)16-7-6-8-17(11-16)27(5,25)26/h6-11H,12H2,1-5H3,(H,21,23). The highest BCUT2D eigenvalue weighted by molar-refractivity contribution is 7.90. The van der Waals surface area contributed by atoms with Gasteiger partial charge in [0, 0.05) is 24.6 Å². The Kier molecular flexibility index (Phi) is 6.05. The topological polar surface area (TPSA) is 83.6 Å². The molecule has 0 unspecified atom stereocenters. The highest BCUT2D eigenvalue weighted by Crippen LogP contribution is 2.22. The van der Waals surface area contributed by atoms with Crippen LogP contribution in [-0.4, -0.2) is 45.0 Å². The van der Waals surface area contributed by atoms with Gasteiger partial charge in [-0.25, -0.2) is 8.42 Å². The third-order valence-electron chi connectivity index (χ3n) is 4.18. The van der Waals surface area contributed by atoms with Crippen molar-refractivity contribution in [3.8, 4) is 0 Å². The molecule has 0 aliphatic carbocycles. The number of likely N-dealkylation sites (N-methyl/N-ethyl adjacent to an activating group) is 1. The number of carbonyl (C=O) groups is 2. The van der Waals surface area contributed by atoms with Gasteiger partial charge in [0.15, 0.2) is 9.84 Å². The normalized spacial score (nSPS) is 11.1. The molecular weight excluding hydrogens is 364 g/mol. The minimum absolute atomic E-state index is 0.0668. The van der Waals surface area contributed by atoms with Crippen LogP contribution in [0.15, 0.2) is 41.3 Å². The Morgan fingerprint density at radius 1 is 1.04 bits per heavy atom. The van der Waals surface area contributed by atoms with Crippen molar-refractivity contribution in [2.75, 3.05) is 25.2 Å². The number of rotatable bonds is 5. The molecule has 0 atom stereocenters. The second-order valence-electron chi connectivity index (χ2n) is 6.78. The summed E-state index contributed by atoms with van der Waals surface area (Å²) in [6, 6.07) is 9.75. The van der Waals surface area contributed by atoms with E-state index >= 15 is 0 Å².